The summed E-state index contributed by atoms with van der Waals surface area (Å²) in [5.74, 6) is 16.0. The monoisotopic (exact) mass is 428 g/mol. The number of hydrogen-bond donors (Lipinski definition) is 0. The highest BCUT2D eigenvalue weighted by atomic mass is 16.5. The topological polar surface area (TPSA) is 46.2 Å². The van der Waals surface area contributed by atoms with Crippen molar-refractivity contribution in [3.63, 3.8) is 0 Å². The Balaban J connectivity index is 2.06. The maximum absolute atomic E-state index is 5.45. The molecule has 0 unspecified atom stereocenters. The molecule has 0 aliphatic carbocycles. The quantitative estimate of drug-likeness (QED) is 0.559. The highest BCUT2D eigenvalue weighted by Crippen LogP contribution is 2.30. The predicted molar refractivity (Wildman–Crippen MR) is 124 cm³/mol. The van der Waals surface area contributed by atoms with Gasteiger partial charge in [-0.25, -0.2) is 0 Å². The van der Waals surface area contributed by atoms with E-state index in [0.717, 1.165) is 22.4 Å². The van der Waals surface area contributed by atoms with E-state index in [4.69, 9.17) is 23.7 Å². The molecule has 3 aromatic carbocycles. The van der Waals surface area contributed by atoms with Gasteiger partial charge in [0.1, 0.15) is 17.2 Å². The summed E-state index contributed by atoms with van der Waals surface area (Å²) in [5, 5.41) is 0. The average molecular weight is 428 g/mol. The standard InChI is InChI=1S/C27H24O5/c1-28-23-12-8-19(9-13-23)6-10-21-16-26(31-4)27(32-5)17-22(21)11-7-20-14-24(29-2)18-25(15-20)30-3/h8-9,12-18H,1-5H3. The first-order chi connectivity index (χ1) is 15.6. The van der Waals surface area contributed by atoms with Crippen LogP contribution >= 0.6 is 0 Å². The lowest BCUT2D eigenvalue weighted by atomic mass is 10.1. The fourth-order valence-electron chi connectivity index (χ4n) is 2.92. The van der Waals surface area contributed by atoms with Gasteiger partial charge in [0.2, 0.25) is 0 Å². The van der Waals surface area contributed by atoms with E-state index in [0.29, 0.717) is 28.6 Å². The molecular weight excluding hydrogens is 404 g/mol. The molecule has 0 saturated carbocycles. The van der Waals surface area contributed by atoms with Crippen molar-refractivity contribution in [3.8, 4) is 52.4 Å². The molecule has 5 heteroatoms. The van der Waals surface area contributed by atoms with Crippen molar-refractivity contribution >= 4 is 0 Å². The van der Waals surface area contributed by atoms with E-state index in [9.17, 15) is 0 Å². The van der Waals surface area contributed by atoms with Gasteiger partial charge in [-0.1, -0.05) is 23.7 Å². The Hall–Kier alpha value is -4.22. The van der Waals surface area contributed by atoms with Crippen LogP contribution in [0.4, 0.5) is 0 Å². The van der Waals surface area contributed by atoms with Crippen LogP contribution in [0.1, 0.15) is 22.3 Å². The molecule has 0 aliphatic heterocycles. The van der Waals surface area contributed by atoms with Gasteiger partial charge in [-0.3, -0.25) is 0 Å². The van der Waals surface area contributed by atoms with Crippen molar-refractivity contribution in [2.75, 3.05) is 35.5 Å². The summed E-state index contributed by atoms with van der Waals surface area (Å²) in [5.41, 5.74) is 3.05. The zero-order valence-electron chi connectivity index (χ0n) is 18.7. The second-order valence-corrected chi connectivity index (χ2v) is 6.58. The summed E-state index contributed by atoms with van der Waals surface area (Å²) >= 11 is 0. The molecule has 3 rings (SSSR count). The fourth-order valence-corrected chi connectivity index (χ4v) is 2.92. The molecule has 0 spiro atoms. The van der Waals surface area contributed by atoms with E-state index in [1.807, 2.05) is 48.5 Å². The molecule has 0 amide bonds. The van der Waals surface area contributed by atoms with Gasteiger partial charge < -0.3 is 23.7 Å². The van der Waals surface area contributed by atoms with E-state index in [-0.39, 0.29) is 0 Å². The Bertz CT molecular complexity index is 1180. The molecule has 0 bridgehead atoms. The molecule has 0 radical (unpaired) electrons. The van der Waals surface area contributed by atoms with Crippen molar-refractivity contribution in [1.29, 1.82) is 0 Å². The van der Waals surface area contributed by atoms with Gasteiger partial charge >= 0.3 is 0 Å². The van der Waals surface area contributed by atoms with Gasteiger partial charge in [-0.15, -0.1) is 0 Å². The van der Waals surface area contributed by atoms with Crippen LogP contribution in [0.15, 0.2) is 54.6 Å². The predicted octanol–water partition coefficient (Wildman–Crippen LogP) is 4.53. The summed E-state index contributed by atoms with van der Waals surface area (Å²) in [6.07, 6.45) is 0. The SMILES string of the molecule is COc1ccc(C#Cc2cc(OC)c(OC)cc2C#Cc2cc(OC)cc(OC)c2)cc1. The number of methoxy groups -OCH3 is 5. The van der Waals surface area contributed by atoms with Crippen LogP contribution in [-0.4, -0.2) is 35.5 Å². The van der Waals surface area contributed by atoms with Crippen molar-refractivity contribution in [2.24, 2.45) is 0 Å². The Labute approximate surface area is 188 Å². The van der Waals surface area contributed by atoms with Crippen LogP contribution in [0.5, 0.6) is 28.7 Å². The third-order valence-corrected chi connectivity index (χ3v) is 4.65. The van der Waals surface area contributed by atoms with Crippen molar-refractivity contribution in [2.45, 2.75) is 0 Å². The zero-order chi connectivity index (χ0) is 22.9. The van der Waals surface area contributed by atoms with Gasteiger partial charge in [0.15, 0.2) is 11.5 Å². The lowest BCUT2D eigenvalue weighted by Crippen LogP contribution is -1.94. The van der Waals surface area contributed by atoms with Crippen molar-refractivity contribution < 1.29 is 23.7 Å². The largest absolute Gasteiger partial charge is 0.497 e. The third-order valence-electron chi connectivity index (χ3n) is 4.65. The second kappa shape index (κ2) is 10.7. The van der Waals surface area contributed by atoms with E-state index in [1.165, 1.54) is 0 Å². The summed E-state index contributed by atoms with van der Waals surface area (Å²) < 4.78 is 26.8. The maximum atomic E-state index is 5.45. The second-order valence-electron chi connectivity index (χ2n) is 6.58. The summed E-state index contributed by atoms with van der Waals surface area (Å²) in [6.45, 7) is 0. The Kier molecular flexibility index (Phi) is 7.51. The molecule has 0 heterocycles. The van der Waals surface area contributed by atoms with Crippen LogP contribution in [0, 0.1) is 23.7 Å². The lowest BCUT2D eigenvalue weighted by Gasteiger charge is -2.09. The summed E-state index contributed by atoms with van der Waals surface area (Å²) in [6, 6.07) is 16.7. The number of ether oxygens (including phenoxy) is 5. The van der Waals surface area contributed by atoms with Crippen LogP contribution in [0.2, 0.25) is 0 Å². The highest BCUT2D eigenvalue weighted by molar-refractivity contribution is 5.61. The van der Waals surface area contributed by atoms with Crippen LogP contribution in [-0.2, 0) is 0 Å². The molecule has 5 nitrogen and oxygen atoms in total. The van der Waals surface area contributed by atoms with E-state index in [1.54, 1.807) is 41.6 Å². The van der Waals surface area contributed by atoms with Gasteiger partial charge in [0, 0.05) is 40.5 Å². The minimum atomic E-state index is 0.579. The summed E-state index contributed by atoms with van der Waals surface area (Å²) in [7, 11) is 8.02. The van der Waals surface area contributed by atoms with Crippen molar-refractivity contribution in [3.05, 3.63) is 76.9 Å². The fraction of sp³-hybridized carbons (Fsp3) is 0.185. The van der Waals surface area contributed by atoms with Crippen LogP contribution < -0.4 is 23.7 Å². The maximum Gasteiger partial charge on any atom is 0.162 e. The molecule has 0 aliphatic rings. The van der Waals surface area contributed by atoms with Gasteiger partial charge in [-0.2, -0.15) is 0 Å². The van der Waals surface area contributed by atoms with E-state index < -0.39 is 0 Å². The summed E-state index contributed by atoms with van der Waals surface area (Å²) in [4.78, 5) is 0. The molecule has 0 N–H and O–H groups in total. The molecular formula is C27H24O5. The lowest BCUT2D eigenvalue weighted by molar-refractivity contribution is 0.355. The average Bonchev–Trinajstić information content (AvgIpc) is 2.85. The van der Waals surface area contributed by atoms with Crippen molar-refractivity contribution in [1.82, 2.24) is 0 Å². The normalized spacial score (nSPS) is 9.53. The minimum absolute atomic E-state index is 0.579. The molecule has 162 valence electrons. The highest BCUT2D eigenvalue weighted by Gasteiger charge is 2.09. The van der Waals surface area contributed by atoms with Crippen LogP contribution in [0.3, 0.4) is 0 Å². The Morgan fingerprint density at radius 3 is 1.34 bits per heavy atom. The van der Waals surface area contributed by atoms with Gasteiger partial charge in [0.25, 0.3) is 0 Å². The van der Waals surface area contributed by atoms with Gasteiger partial charge in [0.05, 0.1) is 35.5 Å². The van der Waals surface area contributed by atoms with Gasteiger partial charge in [-0.05, 0) is 36.4 Å². The third kappa shape index (κ3) is 5.47. The first-order valence-corrected chi connectivity index (χ1v) is 9.77. The van der Waals surface area contributed by atoms with E-state index >= 15 is 0 Å². The Morgan fingerprint density at radius 1 is 0.438 bits per heavy atom. The smallest absolute Gasteiger partial charge is 0.162 e. The van der Waals surface area contributed by atoms with E-state index in [2.05, 4.69) is 23.7 Å². The molecule has 3 aromatic rings. The number of rotatable bonds is 5. The first-order valence-electron chi connectivity index (χ1n) is 9.77. The van der Waals surface area contributed by atoms with Crippen LogP contribution in [0.25, 0.3) is 0 Å². The zero-order valence-corrected chi connectivity index (χ0v) is 18.7. The first kappa shape index (κ1) is 22.5. The number of hydrogen-bond acceptors (Lipinski definition) is 5. The minimum Gasteiger partial charge on any atom is -0.497 e. The molecule has 0 atom stereocenters. The Morgan fingerprint density at radius 2 is 0.906 bits per heavy atom. The molecule has 0 saturated heterocycles. The molecule has 32 heavy (non-hydrogen) atoms. The number of benzene rings is 3. The molecule has 0 fully saturated rings. The molecule has 0 aromatic heterocycles.